The van der Waals surface area contributed by atoms with Gasteiger partial charge in [-0.1, -0.05) is 54.4 Å². The molecule has 3 aromatic carbocycles. The van der Waals surface area contributed by atoms with Gasteiger partial charge in [0.2, 0.25) is 11.8 Å². The number of nitrogens with zero attached hydrogens (tertiary/aromatic N) is 2. The number of para-hydroxylation sites is 1. The lowest BCUT2D eigenvalue weighted by atomic mass is 10.1. The van der Waals surface area contributed by atoms with Gasteiger partial charge >= 0.3 is 0 Å². The quantitative estimate of drug-likeness (QED) is 0.256. The minimum atomic E-state index is -4.18. The maximum Gasteiger partial charge on any atom is 0.264 e. The number of hydrogen-bond donors (Lipinski definition) is 1. The maximum atomic E-state index is 14.0. The van der Waals surface area contributed by atoms with E-state index in [-0.39, 0.29) is 23.4 Å². The molecule has 0 aliphatic carbocycles. The number of hydrogen-bond acceptors (Lipinski definition) is 5. The van der Waals surface area contributed by atoms with E-state index < -0.39 is 28.5 Å². The van der Waals surface area contributed by atoms with Crippen molar-refractivity contribution in [3.05, 3.63) is 88.4 Å². The summed E-state index contributed by atoms with van der Waals surface area (Å²) in [4.78, 5) is 28.4. The van der Waals surface area contributed by atoms with Crippen molar-refractivity contribution < 1.29 is 22.7 Å². The molecule has 8 nitrogen and oxygen atoms in total. The average Bonchev–Trinajstić information content (AvgIpc) is 2.95. The lowest BCUT2D eigenvalue weighted by Crippen LogP contribution is -2.52. The molecule has 0 aliphatic rings. The summed E-state index contributed by atoms with van der Waals surface area (Å²) in [7, 11) is -4.18. The van der Waals surface area contributed by atoms with Gasteiger partial charge < -0.3 is 15.0 Å². The van der Waals surface area contributed by atoms with Gasteiger partial charge in [0.15, 0.2) is 0 Å². The number of ether oxygens (including phenoxy) is 1. The molecule has 41 heavy (non-hydrogen) atoms. The molecule has 0 radical (unpaired) electrons. The zero-order chi connectivity index (χ0) is 30.2. The first kappa shape index (κ1) is 32.2. The molecule has 2 amide bonds. The number of anilines is 1. The zero-order valence-corrected chi connectivity index (χ0v) is 25.8. The minimum absolute atomic E-state index is 0.00698. The van der Waals surface area contributed by atoms with E-state index in [0.717, 1.165) is 4.31 Å². The van der Waals surface area contributed by atoms with Crippen LogP contribution >= 0.6 is 23.2 Å². The summed E-state index contributed by atoms with van der Waals surface area (Å²) in [6.07, 6.45) is 0.706. The van der Waals surface area contributed by atoms with Gasteiger partial charge in [0.05, 0.1) is 17.2 Å². The SMILES string of the molecule is CCOc1ccc(S(=O)(=O)N(CC(=O)N(Cc2ccc(Cl)cc2Cl)[C@H](C)C(=O)N[C@H](C)CC)c2ccccc2)cc1. The number of sulfonamides is 1. The van der Waals surface area contributed by atoms with Gasteiger partial charge in [0.1, 0.15) is 18.3 Å². The summed E-state index contributed by atoms with van der Waals surface area (Å²) in [6, 6.07) is 18.2. The van der Waals surface area contributed by atoms with Crippen molar-refractivity contribution in [3.8, 4) is 5.75 Å². The van der Waals surface area contributed by atoms with Crippen molar-refractivity contribution in [1.29, 1.82) is 0 Å². The Balaban J connectivity index is 2.01. The van der Waals surface area contributed by atoms with Gasteiger partial charge in [0.25, 0.3) is 10.0 Å². The van der Waals surface area contributed by atoms with E-state index >= 15 is 0 Å². The molecule has 0 spiro atoms. The predicted octanol–water partition coefficient (Wildman–Crippen LogP) is 5.92. The molecule has 0 unspecified atom stereocenters. The number of carbonyl (C=O) groups is 2. The monoisotopic (exact) mass is 619 g/mol. The van der Waals surface area contributed by atoms with Crippen molar-refractivity contribution in [2.45, 2.75) is 57.6 Å². The van der Waals surface area contributed by atoms with Crippen LogP contribution in [0.2, 0.25) is 10.0 Å². The van der Waals surface area contributed by atoms with E-state index in [4.69, 9.17) is 27.9 Å². The van der Waals surface area contributed by atoms with Crippen LogP contribution in [0.4, 0.5) is 5.69 Å². The summed E-state index contributed by atoms with van der Waals surface area (Å²) in [5.74, 6) is -0.416. The second kappa shape index (κ2) is 14.6. The topological polar surface area (TPSA) is 96.0 Å². The van der Waals surface area contributed by atoms with Crippen LogP contribution in [0.1, 0.15) is 39.7 Å². The van der Waals surface area contributed by atoms with Crippen LogP contribution in [0, 0.1) is 0 Å². The molecule has 0 bridgehead atoms. The maximum absolute atomic E-state index is 14.0. The second-order valence-electron chi connectivity index (χ2n) is 9.50. The van der Waals surface area contributed by atoms with Crippen LogP contribution in [0.15, 0.2) is 77.7 Å². The molecule has 0 saturated heterocycles. The van der Waals surface area contributed by atoms with Crippen molar-refractivity contribution in [1.82, 2.24) is 10.2 Å². The standard InChI is InChI=1S/C30H35Cl2N3O5S/c1-5-21(3)33-30(37)22(4)34(19-23-12-13-24(31)18-28(23)32)29(36)20-35(25-10-8-7-9-11-25)41(38,39)27-16-14-26(15-17-27)40-6-2/h7-18,21-22H,5-6,19-20H2,1-4H3,(H,33,37)/t21-,22-/m1/s1. The van der Waals surface area contributed by atoms with Gasteiger partial charge in [0, 0.05) is 22.6 Å². The van der Waals surface area contributed by atoms with Crippen LogP contribution in [0.5, 0.6) is 5.75 Å². The van der Waals surface area contributed by atoms with E-state index in [2.05, 4.69) is 5.32 Å². The zero-order valence-electron chi connectivity index (χ0n) is 23.5. The summed E-state index contributed by atoms with van der Waals surface area (Å²) >= 11 is 12.5. The molecule has 1 N–H and O–H groups in total. The third-order valence-corrected chi connectivity index (χ3v) is 8.94. The fourth-order valence-electron chi connectivity index (χ4n) is 4.01. The summed E-state index contributed by atoms with van der Waals surface area (Å²) in [5, 5.41) is 3.65. The molecule has 0 fully saturated rings. The lowest BCUT2D eigenvalue weighted by Gasteiger charge is -2.32. The van der Waals surface area contributed by atoms with E-state index in [1.807, 2.05) is 20.8 Å². The summed E-state index contributed by atoms with van der Waals surface area (Å²) in [6.45, 7) is 7.10. The van der Waals surface area contributed by atoms with Crippen molar-refractivity contribution >= 4 is 50.7 Å². The molecule has 11 heteroatoms. The van der Waals surface area contributed by atoms with E-state index in [1.165, 1.54) is 17.0 Å². The first-order valence-corrected chi connectivity index (χ1v) is 15.5. The first-order chi connectivity index (χ1) is 19.5. The average molecular weight is 621 g/mol. The van der Waals surface area contributed by atoms with Crippen LogP contribution in [-0.4, -0.2) is 50.4 Å². The predicted molar refractivity (Wildman–Crippen MR) is 163 cm³/mol. The molecule has 0 aliphatic heterocycles. The van der Waals surface area contributed by atoms with Crippen molar-refractivity contribution in [3.63, 3.8) is 0 Å². The van der Waals surface area contributed by atoms with Crippen LogP contribution in [0.3, 0.4) is 0 Å². The minimum Gasteiger partial charge on any atom is -0.494 e. The number of rotatable bonds is 13. The molecule has 3 aromatic rings. The van der Waals surface area contributed by atoms with E-state index in [9.17, 15) is 18.0 Å². The number of carbonyl (C=O) groups excluding carboxylic acids is 2. The molecule has 0 aromatic heterocycles. The number of nitrogens with one attached hydrogen (secondary N) is 1. The smallest absolute Gasteiger partial charge is 0.264 e. The van der Waals surface area contributed by atoms with Crippen molar-refractivity contribution in [2.75, 3.05) is 17.5 Å². The Hall–Kier alpha value is -3.27. The highest BCUT2D eigenvalue weighted by Crippen LogP contribution is 2.27. The first-order valence-electron chi connectivity index (χ1n) is 13.3. The van der Waals surface area contributed by atoms with Crippen LogP contribution in [0.25, 0.3) is 0 Å². The van der Waals surface area contributed by atoms with Gasteiger partial charge in [-0.2, -0.15) is 0 Å². The number of halogens is 2. The molecule has 0 heterocycles. The van der Waals surface area contributed by atoms with Crippen molar-refractivity contribution in [2.24, 2.45) is 0 Å². The number of amides is 2. The van der Waals surface area contributed by atoms with Gasteiger partial charge in [-0.15, -0.1) is 0 Å². The highest BCUT2D eigenvalue weighted by molar-refractivity contribution is 7.92. The largest absolute Gasteiger partial charge is 0.494 e. The molecule has 2 atom stereocenters. The fraction of sp³-hybridized carbons (Fsp3) is 0.333. The van der Waals surface area contributed by atoms with E-state index in [1.54, 1.807) is 67.6 Å². The summed E-state index contributed by atoms with van der Waals surface area (Å²) < 4.78 is 34.3. The number of benzene rings is 3. The highest BCUT2D eigenvalue weighted by Gasteiger charge is 2.33. The Morgan fingerprint density at radius 1 is 0.951 bits per heavy atom. The van der Waals surface area contributed by atoms with Gasteiger partial charge in [-0.3, -0.25) is 13.9 Å². The Bertz CT molecular complexity index is 1440. The third-order valence-electron chi connectivity index (χ3n) is 6.57. The molecule has 0 saturated carbocycles. The summed E-state index contributed by atoms with van der Waals surface area (Å²) in [5.41, 5.74) is 0.865. The van der Waals surface area contributed by atoms with E-state index in [0.29, 0.717) is 40.1 Å². The Labute approximate surface area is 252 Å². The van der Waals surface area contributed by atoms with Gasteiger partial charge in [-0.25, -0.2) is 8.42 Å². The Morgan fingerprint density at radius 3 is 2.20 bits per heavy atom. The second-order valence-corrected chi connectivity index (χ2v) is 12.2. The molecule has 220 valence electrons. The Morgan fingerprint density at radius 2 is 1.61 bits per heavy atom. The molecular formula is C30H35Cl2N3O5S. The fourth-order valence-corrected chi connectivity index (χ4v) is 5.89. The van der Waals surface area contributed by atoms with Crippen LogP contribution in [-0.2, 0) is 26.2 Å². The molecule has 3 rings (SSSR count). The van der Waals surface area contributed by atoms with Crippen LogP contribution < -0.4 is 14.4 Å². The van der Waals surface area contributed by atoms with Gasteiger partial charge in [-0.05, 0) is 81.3 Å². The normalized spacial score (nSPS) is 12.7. The highest BCUT2D eigenvalue weighted by atomic mass is 35.5. The third kappa shape index (κ3) is 8.38. The Kier molecular flexibility index (Phi) is 11.5. The lowest BCUT2D eigenvalue weighted by molar-refractivity contribution is -0.139. The molecular weight excluding hydrogens is 585 g/mol.